The molecule has 0 N–H and O–H groups in total. The van der Waals surface area contributed by atoms with Crippen molar-refractivity contribution in [1.82, 2.24) is 9.88 Å². The van der Waals surface area contributed by atoms with E-state index in [4.69, 9.17) is 0 Å². The molecule has 2 heterocycles. The van der Waals surface area contributed by atoms with E-state index in [0.29, 0.717) is 0 Å². The van der Waals surface area contributed by atoms with Gasteiger partial charge in [0.15, 0.2) is 0 Å². The smallest absolute Gasteiger partial charge is 0.123 e. The number of pyridine rings is 1. The predicted molar refractivity (Wildman–Crippen MR) is 82.5 cm³/mol. The van der Waals surface area contributed by atoms with Crippen molar-refractivity contribution in [3.8, 4) is 0 Å². The molecule has 0 bridgehead atoms. The van der Waals surface area contributed by atoms with Gasteiger partial charge in [0.2, 0.25) is 0 Å². The first kappa shape index (κ1) is 14.2. The SMILES string of the molecule is Fc1ccc(C([CH]CN2CCCC2)c2ccncc2)cc1. The molecule has 1 aromatic heterocycles. The van der Waals surface area contributed by atoms with Crippen molar-refractivity contribution in [2.45, 2.75) is 18.8 Å². The Morgan fingerprint density at radius 1 is 1.00 bits per heavy atom. The summed E-state index contributed by atoms with van der Waals surface area (Å²) in [6, 6.07) is 10.9. The van der Waals surface area contributed by atoms with E-state index in [2.05, 4.69) is 16.3 Å². The third-order valence-corrected chi connectivity index (χ3v) is 4.09. The van der Waals surface area contributed by atoms with Crippen LogP contribution < -0.4 is 0 Å². The molecule has 109 valence electrons. The van der Waals surface area contributed by atoms with Gasteiger partial charge in [-0.25, -0.2) is 4.39 Å². The molecule has 2 nitrogen and oxygen atoms in total. The molecule has 3 heteroatoms. The van der Waals surface area contributed by atoms with Crippen LogP contribution in [0.2, 0.25) is 0 Å². The zero-order valence-corrected chi connectivity index (χ0v) is 12.1. The average molecular weight is 283 g/mol. The molecule has 1 atom stereocenters. The second-order valence-electron chi connectivity index (χ2n) is 5.55. The van der Waals surface area contributed by atoms with Gasteiger partial charge in [-0.3, -0.25) is 4.98 Å². The van der Waals surface area contributed by atoms with Crippen LogP contribution in [0, 0.1) is 12.2 Å². The van der Waals surface area contributed by atoms with Gasteiger partial charge in [-0.2, -0.15) is 0 Å². The van der Waals surface area contributed by atoms with Crippen molar-refractivity contribution in [3.05, 3.63) is 72.2 Å². The van der Waals surface area contributed by atoms with Crippen molar-refractivity contribution in [1.29, 1.82) is 0 Å². The fraction of sp³-hybridized carbons (Fsp3) is 0.333. The van der Waals surface area contributed by atoms with Crippen LogP contribution in [-0.2, 0) is 0 Å². The molecule has 0 spiro atoms. The molecule has 21 heavy (non-hydrogen) atoms. The number of aromatic nitrogens is 1. The van der Waals surface area contributed by atoms with Crippen LogP contribution in [0.4, 0.5) is 4.39 Å². The van der Waals surface area contributed by atoms with E-state index in [9.17, 15) is 4.39 Å². The third-order valence-electron chi connectivity index (χ3n) is 4.09. The summed E-state index contributed by atoms with van der Waals surface area (Å²) in [7, 11) is 0. The van der Waals surface area contributed by atoms with E-state index in [0.717, 1.165) is 12.1 Å². The van der Waals surface area contributed by atoms with Crippen LogP contribution >= 0.6 is 0 Å². The highest BCUT2D eigenvalue weighted by molar-refractivity contribution is 5.34. The molecule has 1 aliphatic rings. The third kappa shape index (κ3) is 3.67. The summed E-state index contributed by atoms with van der Waals surface area (Å²) in [4.78, 5) is 6.56. The molecular formula is C18H20FN2. The van der Waals surface area contributed by atoms with Crippen LogP contribution in [-0.4, -0.2) is 29.5 Å². The number of rotatable bonds is 5. The summed E-state index contributed by atoms with van der Waals surface area (Å²) in [5.41, 5.74) is 2.33. The Kier molecular flexibility index (Phi) is 4.61. The molecule has 1 radical (unpaired) electrons. The summed E-state index contributed by atoms with van der Waals surface area (Å²) >= 11 is 0. The van der Waals surface area contributed by atoms with E-state index in [-0.39, 0.29) is 11.7 Å². The molecule has 0 saturated carbocycles. The second-order valence-corrected chi connectivity index (χ2v) is 5.55. The van der Waals surface area contributed by atoms with Gasteiger partial charge in [0, 0.05) is 24.9 Å². The molecule has 3 rings (SSSR count). The van der Waals surface area contributed by atoms with Crippen LogP contribution in [0.5, 0.6) is 0 Å². The number of halogens is 1. The number of likely N-dealkylation sites (tertiary alicyclic amines) is 1. The maximum atomic E-state index is 13.2. The van der Waals surface area contributed by atoms with Crippen molar-refractivity contribution in [2.75, 3.05) is 19.6 Å². The molecule has 1 fully saturated rings. The Morgan fingerprint density at radius 2 is 1.62 bits per heavy atom. The lowest BCUT2D eigenvalue weighted by Gasteiger charge is -2.21. The first-order chi connectivity index (χ1) is 10.3. The Labute approximate surface area is 125 Å². The second kappa shape index (κ2) is 6.81. The van der Waals surface area contributed by atoms with E-state index in [1.807, 2.05) is 36.7 Å². The minimum absolute atomic E-state index is 0.188. The Morgan fingerprint density at radius 3 is 2.29 bits per heavy atom. The highest BCUT2D eigenvalue weighted by atomic mass is 19.1. The van der Waals surface area contributed by atoms with Gasteiger partial charge in [0.25, 0.3) is 0 Å². The van der Waals surface area contributed by atoms with E-state index in [1.54, 1.807) is 0 Å². The molecule has 2 aromatic rings. The molecule has 1 saturated heterocycles. The van der Waals surface area contributed by atoms with E-state index >= 15 is 0 Å². The lowest BCUT2D eigenvalue weighted by atomic mass is 9.89. The normalized spacial score (nSPS) is 17.0. The zero-order valence-electron chi connectivity index (χ0n) is 12.1. The van der Waals surface area contributed by atoms with Crippen LogP contribution in [0.25, 0.3) is 0 Å². The van der Waals surface area contributed by atoms with Crippen LogP contribution in [0.3, 0.4) is 0 Å². The van der Waals surface area contributed by atoms with Crippen molar-refractivity contribution < 1.29 is 4.39 Å². The van der Waals surface area contributed by atoms with Crippen molar-refractivity contribution in [3.63, 3.8) is 0 Å². The molecule has 0 aliphatic carbocycles. The fourth-order valence-corrected chi connectivity index (χ4v) is 2.93. The maximum Gasteiger partial charge on any atom is 0.123 e. The summed E-state index contributed by atoms with van der Waals surface area (Å²) in [6.45, 7) is 3.34. The first-order valence-electron chi connectivity index (χ1n) is 7.54. The van der Waals surface area contributed by atoms with Gasteiger partial charge in [0.05, 0.1) is 0 Å². The highest BCUT2D eigenvalue weighted by Gasteiger charge is 2.18. The Hall–Kier alpha value is -1.74. The maximum absolute atomic E-state index is 13.2. The molecule has 1 aliphatic heterocycles. The molecule has 1 aromatic carbocycles. The molecule has 0 amide bonds. The summed E-state index contributed by atoms with van der Waals surface area (Å²) < 4.78 is 13.2. The number of hydrogen-bond acceptors (Lipinski definition) is 2. The quantitative estimate of drug-likeness (QED) is 0.832. The topological polar surface area (TPSA) is 16.1 Å². The van der Waals surface area contributed by atoms with Crippen LogP contribution in [0.1, 0.15) is 29.9 Å². The van der Waals surface area contributed by atoms with Gasteiger partial charge in [-0.15, -0.1) is 0 Å². The average Bonchev–Trinajstić information content (AvgIpc) is 3.04. The lowest BCUT2D eigenvalue weighted by molar-refractivity contribution is 0.361. The predicted octanol–water partition coefficient (Wildman–Crippen LogP) is 3.65. The van der Waals surface area contributed by atoms with E-state index < -0.39 is 0 Å². The standard InChI is InChI=1S/C18H20FN2/c19-17-5-3-15(4-6-17)18(16-7-10-20-11-8-16)9-14-21-12-1-2-13-21/h3-11,18H,1-2,12-14H2. The number of nitrogens with zero attached hydrogens (tertiary/aromatic N) is 2. The van der Waals surface area contributed by atoms with E-state index in [1.165, 1.54) is 43.6 Å². The van der Waals surface area contributed by atoms with Gasteiger partial charge in [-0.05, 0) is 67.7 Å². The minimum atomic E-state index is -0.188. The number of hydrogen-bond donors (Lipinski definition) is 0. The lowest BCUT2D eigenvalue weighted by Crippen LogP contribution is -2.23. The van der Waals surface area contributed by atoms with Crippen molar-refractivity contribution in [2.24, 2.45) is 0 Å². The minimum Gasteiger partial charge on any atom is -0.303 e. The van der Waals surface area contributed by atoms with Gasteiger partial charge < -0.3 is 4.90 Å². The molecule has 1 unspecified atom stereocenters. The monoisotopic (exact) mass is 283 g/mol. The summed E-state index contributed by atoms with van der Waals surface area (Å²) in [5, 5.41) is 0. The summed E-state index contributed by atoms with van der Waals surface area (Å²) in [5.74, 6) is 0.000899. The number of benzene rings is 1. The first-order valence-corrected chi connectivity index (χ1v) is 7.54. The largest absolute Gasteiger partial charge is 0.303 e. The van der Waals surface area contributed by atoms with Crippen LogP contribution in [0.15, 0.2) is 48.8 Å². The van der Waals surface area contributed by atoms with Gasteiger partial charge >= 0.3 is 0 Å². The van der Waals surface area contributed by atoms with Gasteiger partial charge in [-0.1, -0.05) is 12.1 Å². The Bertz CT molecular complexity index is 547. The molecular weight excluding hydrogens is 263 g/mol. The van der Waals surface area contributed by atoms with Gasteiger partial charge in [0.1, 0.15) is 5.82 Å². The zero-order chi connectivity index (χ0) is 14.5. The van der Waals surface area contributed by atoms with Crippen molar-refractivity contribution >= 4 is 0 Å². The summed E-state index contributed by atoms with van der Waals surface area (Å²) in [6.07, 6.45) is 8.55. The fourth-order valence-electron chi connectivity index (χ4n) is 2.93. The Balaban J connectivity index is 1.78. The highest BCUT2D eigenvalue weighted by Crippen LogP contribution is 2.28.